The van der Waals surface area contributed by atoms with Crippen LogP contribution in [0.5, 0.6) is 0 Å². The highest BCUT2D eigenvalue weighted by Crippen LogP contribution is 2.19. The average Bonchev–Trinajstić information content (AvgIpc) is 3.21. The number of carbonyl (C=O) groups excluding carboxylic acids is 2. The van der Waals surface area contributed by atoms with Gasteiger partial charge in [0.25, 0.3) is 0 Å². The first-order chi connectivity index (χ1) is 15.6. The summed E-state index contributed by atoms with van der Waals surface area (Å²) in [6.07, 6.45) is 16.0. The van der Waals surface area contributed by atoms with Crippen molar-refractivity contribution in [3.8, 4) is 0 Å². The predicted octanol–water partition coefficient (Wildman–Crippen LogP) is 6.92. The second kappa shape index (κ2) is 14.7. The Kier molecular flexibility index (Phi) is 11.9. The minimum absolute atomic E-state index is 0.0902. The van der Waals surface area contributed by atoms with Crippen molar-refractivity contribution in [1.82, 2.24) is 4.57 Å². The highest BCUT2D eigenvalue weighted by molar-refractivity contribution is 6.10. The molecule has 0 aliphatic heterocycles. The number of hydrogen-bond acceptors (Lipinski definition) is 3. The lowest BCUT2D eigenvalue weighted by Gasteiger charge is -2.06. The molecule has 0 spiro atoms. The van der Waals surface area contributed by atoms with Gasteiger partial charge in [0.15, 0.2) is 5.78 Å². The monoisotopic (exact) mass is 439 g/mol. The molecule has 4 nitrogen and oxygen atoms in total. The van der Waals surface area contributed by atoms with Gasteiger partial charge in [-0.3, -0.25) is 9.59 Å². The maximum Gasteiger partial charge on any atom is 0.305 e. The number of esters is 1. The molecular formula is C28H41NO3. The molecule has 0 saturated carbocycles. The van der Waals surface area contributed by atoms with Gasteiger partial charge in [0.05, 0.1) is 6.61 Å². The van der Waals surface area contributed by atoms with Gasteiger partial charge in [-0.1, -0.05) is 70.6 Å². The first-order valence-electron chi connectivity index (χ1n) is 12.6. The number of unbranched alkanes of at least 4 members (excludes halogenated alkanes) is 6. The van der Waals surface area contributed by atoms with Crippen LogP contribution in [0.3, 0.4) is 0 Å². The van der Waals surface area contributed by atoms with Crippen LogP contribution >= 0.6 is 0 Å². The molecule has 0 amide bonds. The Labute approximate surface area is 194 Å². The molecule has 176 valence electrons. The second-order valence-corrected chi connectivity index (χ2v) is 8.60. The van der Waals surface area contributed by atoms with Crippen molar-refractivity contribution in [3.63, 3.8) is 0 Å². The maximum absolute atomic E-state index is 13.2. The van der Waals surface area contributed by atoms with Crippen LogP contribution in [0.15, 0.2) is 36.7 Å². The summed E-state index contributed by atoms with van der Waals surface area (Å²) in [4.78, 5) is 24.8. The molecule has 0 saturated heterocycles. The smallest absolute Gasteiger partial charge is 0.305 e. The van der Waals surface area contributed by atoms with Crippen LogP contribution in [-0.4, -0.2) is 22.9 Å². The molecule has 0 aliphatic carbocycles. The first kappa shape index (κ1) is 25.9. The van der Waals surface area contributed by atoms with E-state index < -0.39 is 0 Å². The fraction of sp³-hybridized carbons (Fsp3) is 0.571. The third-order valence-corrected chi connectivity index (χ3v) is 5.95. The summed E-state index contributed by atoms with van der Waals surface area (Å²) < 4.78 is 7.03. The van der Waals surface area contributed by atoms with Crippen molar-refractivity contribution in [2.24, 2.45) is 0 Å². The fourth-order valence-electron chi connectivity index (χ4n) is 4.12. The van der Waals surface area contributed by atoms with Gasteiger partial charge in [0.1, 0.15) is 0 Å². The summed E-state index contributed by atoms with van der Waals surface area (Å²) in [5.41, 5.74) is 3.85. The largest absolute Gasteiger partial charge is 0.466 e. The fourth-order valence-corrected chi connectivity index (χ4v) is 4.12. The van der Waals surface area contributed by atoms with E-state index in [1.165, 1.54) is 50.5 Å². The topological polar surface area (TPSA) is 48.3 Å². The zero-order chi connectivity index (χ0) is 23.2. The molecule has 0 aliphatic rings. The van der Waals surface area contributed by atoms with Crippen LogP contribution in [0, 0.1) is 0 Å². The van der Waals surface area contributed by atoms with Gasteiger partial charge < -0.3 is 9.30 Å². The van der Waals surface area contributed by atoms with Gasteiger partial charge in [-0.2, -0.15) is 0 Å². The zero-order valence-electron chi connectivity index (χ0n) is 20.3. The summed E-state index contributed by atoms with van der Waals surface area (Å²) in [5.74, 6) is -0.0724. The highest BCUT2D eigenvalue weighted by atomic mass is 16.5. The number of benzene rings is 1. The maximum atomic E-state index is 13.2. The predicted molar refractivity (Wildman–Crippen MR) is 131 cm³/mol. The standard InChI is InChI=1S/C28H41NO3/c1-4-7-8-9-10-11-12-15-23-16-13-17-25(20-23)28(31)26-22-29(21-24(26)5-2)19-14-18-27(30)32-6-3/h13,16-17,20-22H,4-12,14-15,18-19H2,1-3H3. The van der Waals surface area contributed by atoms with Crippen LogP contribution in [0.1, 0.15) is 106 Å². The molecule has 2 aromatic rings. The number of hydrogen-bond donors (Lipinski definition) is 0. The molecule has 1 aromatic carbocycles. The quantitative estimate of drug-likeness (QED) is 0.162. The molecule has 0 atom stereocenters. The molecular weight excluding hydrogens is 398 g/mol. The molecule has 2 rings (SSSR count). The molecule has 4 heteroatoms. The summed E-state index contributed by atoms with van der Waals surface area (Å²) >= 11 is 0. The Hall–Kier alpha value is -2.36. The molecule has 0 bridgehead atoms. The second-order valence-electron chi connectivity index (χ2n) is 8.60. The summed E-state index contributed by atoms with van der Waals surface area (Å²) in [7, 11) is 0. The van der Waals surface area contributed by atoms with E-state index in [0.29, 0.717) is 26.0 Å². The molecule has 0 unspecified atom stereocenters. The van der Waals surface area contributed by atoms with E-state index in [1.54, 1.807) is 0 Å². The first-order valence-corrected chi connectivity index (χ1v) is 12.6. The minimum Gasteiger partial charge on any atom is -0.466 e. The van der Waals surface area contributed by atoms with E-state index >= 15 is 0 Å². The van der Waals surface area contributed by atoms with Crippen LogP contribution in [0.4, 0.5) is 0 Å². The Balaban J connectivity index is 1.93. The number of aryl methyl sites for hydroxylation is 3. The third-order valence-electron chi connectivity index (χ3n) is 5.95. The number of rotatable bonds is 16. The Morgan fingerprint density at radius 2 is 1.66 bits per heavy atom. The number of ether oxygens (including phenoxy) is 1. The van der Waals surface area contributed by atoms with Gasteiger partial charge in [-0.15, -0.1) is 0 Å². The van der Waals surface area contributed by atoms with Crippen molar-refractivity contribution in [1.29, 1.82) is 0 Å². The zero-order valence-corrected chi connectivity index (χ0v) is 20.3. The molecule has 0 fully saturated rings. The normalized spacial score (nSPS) is 11.0. The number of carbonyl (C=O) groups is 2. The number of ketones is 1. The molecule has 0 radical (unpaired) electrons. The van der Waals surface area contributed by atoms with Gasteiger partial charge in [0, 0.05) is 36.5 Å². The van der Waals surface area contributed by atoms with Crippen molar-refractivity contribution in [2.45, 2.75) is 97.9 Å². The minimum atomic E-state index is -0.163. The van der Waals surface area contributed by atoms with Crippen LogP contribution in [-0.2, 0) is 28.9 Å². The highest BCUT2D eigenvalue weighted by Gasteiger charge is 2.16. The van der Waals surface area contributed by atoms with Gasteiger partial charge in [0.2, 0.25) is 0 Å². The summed E-state index contributed by atoms with van der Waals surface area (Å²) in [6.45, 7) is 7.26. The van der Waals surface area contributed by atoms with E-state index in [-0.39, 0.29) is 11.8 Å². The average molecular weight is 440 g/mol. The van der Waals surface area contributed by atoms with Gasteiger partial charge in [-0.05, 0) is 49.8 Å². The van der Waals surface area contributed by atoms with Crippen molar-refractivity contribution < 1.29 is 14.3 Å². The summed E-state index contributed by atoms with van der Waals surface area (Å²) in [5, 5.41) is 0. The summed E-state index contributed by atoms with van der Waals surface area (Å²) in [6, 6.07) is 8.13. The van der Waals surface area contributed by atoms with E-state index in [1.807, 2.05) is 36.0 Å². The van der Waals surface area contributed by atoms with Gasteiger partial charge >= 0.3 is 5.97 Å². The van der Waals surface area contributed by atoms with Crippen LogP contribution in [0.25, 0.3) is 0 Å². The molecule has 1 aromatic heterocycles. The van der Waals surface area contributed by atoms with E-state index in [9.17, 15) is 9.59 Å². The Morgan fingerprint density at radius 3 is 2.38 bits per heavy atom. The third kappa shape index (κ3) is 8.64. The lowest BCUT2D eigenvalue weighted by molar-refractivity contribution is -0.143. The van der Waals surface area contributed by atoms with Crippen molar-refractivity contribution in [3.05, 3.63) is 58.9 Å². The molecule has 1 heterocycles. The molecule has 32 heavy (non-hydrogen) atoms. The number of aromatic nitrogens is 1. The lowest BCUT2D eigenvalue weighted by Crippen LogP contribution is -2.06. The Morgan fingerprint density at radius 1 is 0.906 bits per heavy atom. The van der Waals surface area contributed by atoms with E-state index in [0.717, 1.165) is 29.5 Å². The molecule has 0 N–H and O–H groups in total. The van der Waals surface area contributed by atoms with Crippen molar-refractivity contribution >= 4 is 11.8 Å². The van der Waals surface area contributed by atoms with E-state index in [2.05, 4.69) is 26.0 Å². The lowest BCUT2D eigenvalue weighted by atomic mass is 9.97. The van der Waals surface area contributed by atoms with Gasteiger partial charge in [-0.25, -0.2) is 0 Å². The Bertz CT molecular complexity index is 837. The van der Waals surface area contributed by atoms with Crippen molar-refractivity contribution in [2.75, 3.05) is 6.61 Å². The van der Waals surface area contributed by atoms with Crippen LogP contribution < -0.4 is 0 Å². The van der Waals surface area contributed by atoms with E-state index in [4.69, 9.17) is 4.74 Å². The number of nitrogens with zero attached hydrogens (tertiary/aromatic N) is 1. The SMILES string of the molecule is CCCCCCCCCc1cccc(C(=O)c2cn(CCCC(=O)OCC)cc2CC)c1. The van der Waals surface area contributed by atoms with Crippen LogP contribution in [0.2, 0.25) is 0 Å².